The third kappa shape index (κ3) is 3.45. The molecule has 2 aromatic rings. The van der Waals surface area contributed by atoms with Crippen molar-refractivity contribution in [1.82, 2.24) is 0 Å². The molecule has 0 aliphatic rings. The number of carboxylic acid groups (broad SMARTS) is 1. The van der Waals surface area contributed by atoms with Crippen LogP contribution < -0.4 is 4.74 Å². The number of ether oxygens (including phenoxy) is 1. The molecule has 4 heteroatoms. The summed E-state index contributed by atoms with van der Waals surface area (Å²) in [5, 5.41) is 8.87. The van der Waals surface area contributed by atoms with Crippen LogP contribution in [0.15, 0.2) is 34.8 Å². The molecule has 110 valence electrons. The molecule has 0 aromatic heterocycles. The van der Waals surface area contributed by atoms with Gasteiger partial charge in [-0.05, 0) is 61.2 Å². The molecular formula is C17H17BrO3. The van der Waals surface area contributed by atoms with E-state index in [1.807, 2.05) is 19.9 Å². The van der Waals surface area contributed by atoms with Gasteiger partial charge in [0, 0.05) is 4.47 Å². The number of hydrogen-bond donors (Lipinski definition) is 1. The molecule has 0 spiro atoms. The maximum Gasteiger partial charge on any atom is 0.335 e. The van der Waals surface area contributed by atoms with Gasteiger partial charge in [-0.15, -0.1) is 0 Å². The first kappa shape index (κ1) is 15.6. The van der Waals surface area contributed by atoms with Gasteiger partial charge < -0.3 is 9.84 Å². The van der Waals surface area contributed by atoms with Crippen molar-refractivity contribution in [2.24, 2.45) is 0 Å². The van der Waals surface area contributed by atoms with Gasteiger partial charge in [-0.3, -0.25) is 0 Å². The molecule has 0 amide bonds. The fourth-order valence-electron chi connectivity index (χ4n) is 2.07. The standard InChI is InChI=1S/C17H17BrO3/c1-10-8-15(11(2)12(3)16(10)18)21-9-13-4-6-14(7-5-13)17(19)20/h4-8H,9H2,1-3H3,(H,19,20). The van der Waals surface area contributed by atoms with Crippen molar-refractivity contribution in [2.75, 3.05) is 0 Å². The number of rotatable bonds is 4. The van der Waals surface area contributed by atoms with E-state index >= 15 is 0 Å². The first-order valence-electron chi connectivity index (χ1n) is 6.61. The van der Waals surface area contributed by atoms with Crippen molar-refractivity contribution < 1.29 is 14.6 Å². The van der Waals surface area contributed by atoms with Crippen LogP contribution in [0.25, 0.3) is 0 Å². The highest BCUT2D eigenvalue weighted by atomic mass is 79.9. The SMILES string of the molecule is Cc1cc(OCc2ccc(C(=O)O)cc2)c(C)c(C)c1Br. The number of hydrogen-bond acceptors (Lipinski definition) is 2. The molecule has 0 radical (unpaired) electrons. The van der Waals surface area contributed by atoms with Gasteiger partial charge in [0.2, 0.25) is 0 Å². The maximum absolute atomic E-state index is 10.8. The lowest BCUT2D eigenvalue weighted by atomic mass is 10.1. The Kier molecular flexibility index (Phi) is 4.68. The Morgan fingerprint density at radius 3 is 2.33 bits per heavy atom. The zero-order valence-corrected chi connectivity index (χ0v) is 13.8. The van der Waals surface area contributed by atoms with Gasteiger partial charge in [-0.25, -0.2) is 4.79 Å². The highest BCUT2D eigenvalue weighted by molar-refractivity contribution is 9.10. The molecule has 0 atom stereocenters. The fourth-order valence-corrected chi connectivity index (χ4v) is 2.48. The zero-order chi connectivity index (χ0) is 15.6. The number of aromatic carboxylic acids is 1. The average molecular weight is 349 g/mol. The number of aryl methyl sites for hydroxylation is 1. The molecule has 2 rings (SSSR count). The van der Waals surface area contributed by atoms with Crippen molar-refractivity contribution in [3.05, 3.63) is 62.6 Å². The molecule has 0 saturated carbocycles. The summed E-state index contributed by atoms with van der Waals surface area (Å²) in [7, 11) is 0. The molecule has 1 N–H and O–H groups in total. The first-order chi connectivity index (χ1) is 9.90. The first-order valence-corrected chi connectivity index (χ1v) is 7.40. The summed E-state index contributed by atoms with van der Waals surface area (Å²) >= 11 is 3.57. The monoisotopic (exact) mass is 348 g/mol. The van der Waals surface area contributed by atoms with Crippen molar-refractivity contribution in [3.8, 4) is 5.75 Å². The Hall–Kier alpha value is -1.81. The van der Waals surface area contributed by atoms with Crippen LogP contribution in [0.5, 0.6) is 5.75 Å². The second-order valence-electron chi connectivity index (χ2n) is 5.05. The van der Waals surface area contributed by atoms with Crippen molar-refractivity contribution in [1.29, 1.82) is 0 Å². The van der Waals surface area contributed by atoms with Crippen LogP contribution in [-0.4, -0.2) is 11.1 Å². The van der Waals surface area contributed by atoms with Crippen molar-refractivity contribution in [2.45, 2.75) is 27.4 Å². The van der Waals surface area contributed by atoms with E-state index in [-0.39, 0.29) is 5.56 Å². The third-order valence-electron chi connectivity index (χ3n) is 3.55. The van der Waals surface area contributed by atoms with Gasteiger partial charge in [-0.2, -0.15) is 0 Å². The highest BCUT2D eigenvalue weighted by Gasteiger charge is 2.09. The second-order valence-corrected chi connectivity index (χ2v) is 5.84. The molecule has 2 aromatic carbocycles. The van der Waals surface area contributed by atoms with E-state index in [0.29, 0.717) is 6.61 Å². The Bertz CT molecular complexity index is 675. The zero-order valence-electron chi connectivity index (χ0n) is 12.2. The lowest BCUT2D eigenvalue weighted by molar-refractivity contribution is 0.0697. The van der Waals surface area contributed by atoms with Gasteiger partial charge in [0.15, 0.2) is 0 Å². The summed E-state index contributed by atoms with van der Waals surface area (Å²) in [5.41, 5.74) is 4.64. The Morgan fingerprint density at radius 1 is 1.14 bits per heavy atom. The Balaban J connectivity index is 2.15. The van der Waals surface area contributed by atoms with Crippen LogP contribution in [-0.2, 0) is 6.61 Å². The number of carbonyl (C=O) groups is 1. The summed E-state index contributed by atoms with van der Waals surface area (Å²) in [6.07, 6.45) is 0. The van der Waals surface area contributed by atoms with Gasteiger partial charge in [0.05, 0.1) is 5.56 Å². The largest absolute Gasteiger partial charge is 0.489 e. The summed E-state index contributed by atoms with van der Waals surface area (Å²) in [5.74, 6) is -0.0621. The molecule has 21 heavy (non-hydrogen) atoms. The molecule has 0 fully saturated rings. The normalized spacial score (nSPS) is 10.5. The fraction of sp³-hybridized carbons (Fsp3) is 0.235. The average Bonchev–Trinajstić information content (AvgIpc) is 2.48. The lowest BCUT2D eigenvalue weighted by Crippen LogP contribution is -2.01. The van der Waals surface area contributed by atoms with E-state index in [0.717, 1.165) is 26.9 Å². The number of halogens is 1. The minimum absolute atomic E-state index is 0.283. The number of benzene rings is 2. The van der Waals surface area contributed by atoms with E-state index in [1.54, 1.807) is 24.3 Å². The van der Waals surface area contributed by atoms with Crippen LogP contribution in [0, 0.1) is 20.8 Å². The third-order valence-corrected chi connectivity index (χ3v) is 4.77. The topological polar surface area (TPSA) is 46.5 Å². The van der Waals surface area contributed by atoms with Crippen LogP contribution in [0.4, 0.5) is 0 Å². The summed E-state index contributed by atoms with van der Waals surface area (Å²) in [4.78, 5) is 10.8. The molecule has 0 unspecified atom stereocenters. The molecule has 3 nitrogen and oxygen atoms in total. The van der Waals surface area contributed by atoms with E-state index in [9.17, 15) is 4.79 Å². The highest BCUT2D eigenvalue weighted by Crippen LogP contribution is 2.31. The van der Waals surface area contributed by atoms with Gasteiger partial charge >= 0.3 is 5.97 Å². The molecule has 0 bridgehead atoms. The Labute approximate surface area is 132 Å². The predicted octanol–water partition coefficient (Wildman–Crippen LogP) is 4.65. The number of carboxylic acids is 1. The van der Waals surface area contributed by atoms with E-state index in [2.05, 4.69) is 22.9 Å². The van der Waals surface area contributed by atoms with E-state index < -0.39 is 5.97 Å². The van der Waals surface area contributed by atoms with Crippen LogP contribution in [0.1, 0.15) is 32.6 Å². The molecular weight excluding hydrogens is 332 g/mol. The molecule has 0 aliphatic heterocycles. The predicted molar refractivity (Wildman–Crippen MR) is 86.1 cm³/mol. The summed E-state index contributed by atoms with van der Waals surface area (Å²) in [6, 6.07) is 8.74. The Morgan fingerprint density at radius 2 is 1.76 bits per heavy atom. The molecule has 0 heterocycles. The lowest BCUT2D eigenvalue weighted by Gasteiger charge is -2.14. The minimum Gasteiger partial charge on any atom is -0.489 e. The minimum atomic E-state index is -0.919. The van der Waals surface area contributed by atoms with Crippen molar-refractivity contribution in [3.63, 3.8) is 0 Å². The van der Waals surface area contributed by atoms with Crippen LogP contribution in [0.2, 0.25) is 0 Å². The molecule has 0 saturated heterocycles. The smallest absolute Gasteiger partial charge is 0.335 e. The second kappa shape index (κ2) is 6.31. The van der Waals surface area contributed by atoms with Crippen LogP contribution in [0.3, 0.4) is 0 Å². The van der Waals surface area contributed by atoms with Crippen LogP contribution >= 0.6 is 15.9 Å². The quantitative estimate of drug-likeness (QED) is 0.874. The maximum atomic E-state index is 10.8. The molecule has 0 aliphatic carbocycles. The van der Waals surface area contributed by atoms with Gasteiger partial charge in [-0.1, -0.05) is 28.1 Å². The van der Waals surface area contributed by atoms with Crippen molar-refractivity contribution >= 4 is 21.9 Å². The summed E-state index contributed by atoms with van der Waals surface area (Å²) in [6.45, 7) is 6.54. The van der Waals surface area contributed by atoms with E-state index in [4.69, 9.17) is 9.84 Å². The van der Waals surface area contributed by atoms with Gasteiger partial charge in [0.25, 0.3) is 0 Å². The van der Waals surface area contributed by atoms with Gasteiger partial charge in [0.1, 0.15) is 12.4 Å². The van der Waals surface area contributed by atoms with E-state index in [1.165, 1.54) is 5.56 Å². The summed E-state index contributed by atoms with van der Waals surface area (Å²) < 4.78 is 6.98.